The van der Waals surface area contributed by atoms with Crippen molar-refractivity contribution in [2.24, 2.45) is 0 Å². The fourth-order valence-corrected chi connectivity index (χ4v) is 2.35. The van der Waals surface area contributed by atoms with Gasteiger partial charge < -0.3 is 10.1 Å². The van der Waals surface area contributed by atoms with Crippen molar-refractivity contribution >= 4 is 28.6 Å². The Morgan fingerprint density at radius 2 is 2.28 bits per heavy atom. The highest BCUT2D eigenvalue weighted by molar-refractivity contribution is 7.15. The number of hydrogen-bond donors (Lipinski definition) is 1. The van der Waals surface area contributed by atoms with E-state index in [2.05, 4.69) is 16.9 Å². The van der Waals surface area contributed by atoms with E-state index < -0.39 is 0 Å². The van der Waals surface area contributed by atoms with Crippen LogP contribution in [-0.4, -0.2) is 11.6 Å². The molecule has 0 unspecified atom stereocenters. The van der Waals surface area contributed by atoms with E-state index in [0.717, 1.165) is 16.3 Å². The number of halogens is 1. The second kappa shape index (κ2) is 6.42. The molecule has 0 spiro atoms. The largest absolute Gasteiger partial charge is 0.487 e. The molecule has 0 saturated carbocycles. The van der Waals surface area contributed by atoms with Gasteiger partial charge in [0.25, 0.3) is 0 Å². The van der Waals surface area contributed by atoms with Crippen LogP contribution < -0.4 is 10.1 Å². The van der Waals surface area contributed by atoms with Gasteiger partial charge in [-0.3, -0.25) is 0 Å². The Bertz CT molecular complexity index is 527. The van der Waals surface area contributed by atoms with E-state index in [1.165, 1.54) is 11.3 Å². The molecule has 0 aliphatic heterocycles. The minimum atomic E-state index is 0.491. The number of para-hydroxylation sites is 2. The first kappa shape index (κ1) is 12.9. The van der Waals surface area contributed by atoms with E-state index in [-0.39, 0.29) is 0 Å². The SMILES string of the molecule is C=CCOc1ccccc1NCc1cnc(Cl)s1. The smallest absolute Gasteiger partial charge is 0.183 e. The highest BCUT2D eigenvalue weighted by Gasteiger charge is 2.03. The van der Waals surface area contributed by atoms with E-state index in [0.29, 0.717) is 17.6 Å². The highest BCUT2D eigenvalue weighted by atomic mass is 35.5. The summed E-state index contributed by atoms with van der Waals surface area (Å²) in [6, 6.07) is 7.79. The maximum absolute atomic E-state index is 5.79. The molecule has 0 saturated heterocycles. The van der Waals surface area contributed by atoms with E-state index in [4.69, 9.17) is 16.3 Å². The third kappa shape index (κ3) is 3.48. The van der Waals surface area contributed by atoms with E-state index >= 15 is 0 Å². The van der Waals surface area contributed by atoms with Gasteiger partial charge in [0.1, 0.15) is 12.4 Å². The third-order valence-corrected chi connectivity index (χ3v) is 3.34. The van der Waals surface area contributed by atoms with Gasteiger partial charge >= 0.3 is 0 Å². The average Bonchev–Trinajstić information content (AvgIpc) is 2.81. The van der Waals surface area contributed by atoms with Crippen molar-refractivity contribution in [3.63, 3.8) is 0 Å². The molecule has 0 aliphatic rings. The lowest BCUT2D eigenvalue weighted by atomic mass is 10.3. The van der Waals surface area contributed by atoms with Crippen LogP contribution in [0, 0.1) is 0 Å². The summed E-state index contributed by atoms with van der Waals surface area (Å²) < 4.78 is 6.12. The summed E-state index contributed by atoms with van der Waals surface area (Å²) in [6.45, 7) is 4.81. The van der Waals surface area contributed by atoms with Crippen molar-refractivity contribution in [3.8, 4) is 5.75 Å². The molecule has 2 aromatic rings. The molecule has 1 aromatic heterocycles. The molecule has 5 heteroatoms. The van der Waals surface area contributed by atoms with Crippen LogP contribution in [0.15, 0.2) is 43.1 Å². The highest BCUT2D eigenvalue weighted by Crippen LogP contribution is 2.25. The Kier molecular flexibility index (Phi) is 4.61. The minimum Gasteiger partial charge on any atom is -0.487 e. The predicted molar refractivity (Wildman–Crippen MR) is 76.6 cm³/mol. The summed E-state index contributed by atoms with van der Waals surface area (Å²) in [5, 5.41) is 3.30. The summed E-state index contributed by atoms with van der Waals surface area (Å²) in [4.78, 5) is 5.08. The zero-order chi connectivity index (χ0) is 12.8. The number of aromatic nitrogens is 1. The first-order valence-corrected chi connectivity index (χ1v) is 6.66. The number of benzene rings is 1. The number of anilines is 1. The van der Waals surface area contributed by atoms with Gasteiger partial charge in [0.05, 0.1) is 12.2 Å². The predicted octanol–water partition coefficient (Wildman–Crippen LogP) is 3.97. The Morgan fingerprint density at radius 1 is 1.44 bits per heavy atom. The van der Waals surface area contributed by atoms with Crippen LogP contribution in [0.1, 0.15) is 4.88 Å². The van der Waals surface area contributed by atoms with Crippen LogP contribution in [0.5, 0.6) is 5.75 Å². The van der Waals surface area contributed by atoms with Crippen LogP contribution in [0.3, 0.4) is 0 Å². The maximum atomic E-state index is 5.79. The van der Waals surface area contributed by atoms with E-state index in [1.54, 1.807) is 12.3 Å². The van der Waals surface area contributed by atoms with Gasteiger partial charge in [-0.1, -0.05) is 36.4 Å². The molecule has 0 radical (unpaired) electrons. The Labute approximate surface area is 115 Å². The minimum absolute atomic E-state index is 0.491. The first-order valence-electron chi connectivity index (χ1n) is 5.46. The summed E-state index contributed by atoms with van der Waals surface area (Å²) in [6.07, 6.45) is 3.49. The molecule has 0 amide bonds. The van der Waals surface area contributed by atoms with Crippen molar-refractivity contribution in [2.75, 3.05) is 11.9 Å². The first-order chi connectivity index (χ1) is 8.79. The molecule has 3 nitrogen and oxygen atoms in total. The van der Waals surface area contributed by atoms with Crippen molar-refractivity contribution in [1.29, 1.82) is 0 Å². The van der Waals surface area contributed by atoms with Crippen LogP contribution in [0.4, 0.5) is 5.69 Å². The second-order valence-corrected chi connectivity index (χ2v) is 5.23. The van der Waals surface area contributed by atoms with Gasteiger partial charge in [-0.25, -0.2) is 4.98 Å². The van der Waals surface area contributed by atoms with Crippen molar-refractivity contribution < 1.29 is 4.74 Å². The van der Waals surface area contributed by atoms with Crippen LogP contribution in [0.25, 0.3) is 0 Å². The second-order valence-electron chi connectivity index (χ2n) is 3.53. The van der Waals surface area contributed by atoms with Gasteiger partial charge in [0.15, 0.2) is 4.47 Å². The molecule has 0 bridgehead atoms. The van der Waals surface area contributed by atoms with Crippen molar-refractivity contribution in [2.45, 2.75) is 6.54 Å². The van der Waals surface area contributed by atoms with Gasteiger partial charge in [-0.15, -0.1) is 11.3 Å². The number of rotatable bonds is 6. The maximum Gasteiger partial charge on any atom is 0.183 e. The molecule has 0 atom stereocenters. The molecule has 1 aromatic carbocycles. The number of ether oxygens (including phenoxy) is 1. The van der Waals surface area contributed by atoms with Gasteiger partial charge in [0.2, 0.25) is 0 Å². The van der Waals surface area contributed by atoms with Crippen LogP contribution in [0.2, 0.25) is 4.47 Å². The summed E-state index contributed by atoms with van der Waals surface area (Å²) in [7, 11) is 0. The van der Waals surface area contributed by atoms with Crippen molar-refractivity contribution in [3.05, 3.63) is 52.5 Å². The summed E-state index contributed by atoms with van der Waals surface area (Å²) in [5.74, 6) is 0.813. The van der Waals surface area contributed by atoms with Crippen molar-refractivity contribution in [1.82, 2.24) is 4.98 Å². The zero-order valence-corrected chi connectivity index (χ0v) is 11.3. The van der Waals surface area contributed by atoms with Gasteiger partial charge in [0, 0.05) is 11.1 Å². The number of hydrogen-bond acceptors (Lipinski definition) is 4. The molecular formula is C13H13ClN2OS. The van der Waals surface area contributed by atoms with Gasteiger partial charge in [-0.05, 0) is 12.1 Å². The number of nitrogens with zero attached hydrogens (tertiary/aromatic N) is 1. The molecule has 0 fully saturated rings. The Hall–Kier alpha value is -1.52. The lowest BCUT2D eigenvalue weighted by Gasteiger charge is -2.11. The lowest BCUT2D eigenvalue weighted by molar-refractivity contribution is 0.365. The van der Waals surface area contributed by atoms with Gasteiger partial charge in [-0.2, -0.15) is 0 Å². The molecule has 1 heterocycles. The van der Waals surface area contributed by atoms with E-state index in [9.17, 15) is 0 Å². The topological polar surface area (TPSA) is 34.1 Å². The average molecular weight is 281 g/mol. The van der Waals surface area contributed by atoms with Crippen LogP contribution in [-0.2, 0) is 6.54 Å². The molecule has 2 rings (SSSR count). The quantitative estimate of drug-likeness (QED) is 0.813. The lowest BCUT2D eigenvalue weighted by Crippen LogP contribution is -2.01. The number of nitrogens with one attached hydrogen (secondary N) is 1. The Balaban J connectivity index is 2.01. The number of thiazole rings is 1. The zero-order valence-electron chi connectivity index (χ0n) is 9.73. The van der Waals surface area contributed by atoms with E-state index in [1.807, 2.05) is 24.3 Å². The molecular weight excluding hydrogens is 268 g/mol. The monoisotopic (exact) mass is 280 g/mol. The standard InChI is InChI=1S/C13H13ClN2OS/c1-2-7-17-12-6-4-3-5-11(12)15-8-10-9-16-13(14)18-10/h2-6,9,15H,1,7-8H2. The third-order valence-electron chi connectivity index (χ3n) is 2.22. The molecule has 18 heavy (non-hydrogen) atoms. The fourth-order valence-electron chi connectivity index (χ4n) is 1.43. The summed E-state index contributed by atoms with van der Waals surface area (Å²) in [5.41, 5.74) is 0.948. The fraction of sp³-hybridized carbons (Fsp3) is 0.154. The Morgan fingerprint density at radius 3 is 3.00 bits per heavy atom. The normalized spacial score (nSPS) is 10.1. The van der Waals surface area contributed by atoms with Crippen LogP contribution >= 0.6 is 22.9 Å². The summed E-state index contributed by atoms with van der Waals surface area (Å²) >= 11 is 7.25. The molecule has 0 aliphatic carbocycles. The molecule has 1 N–H and O–H groups in total. The molecule has 94 valence electrons.